The van der Waals surface area contributed by atoms with Crippen LogP contribution in [-0.4, -0.2) is 37.2 Å². The van der Waals surface area contributed by atoms with Gasteiger partial charge in [0, 0.05) is 17.5 Å². The zero-order chi connectivity index (χ0) is 18.1. The first kappa shape index (κ1) is 16.7. The molecule has 0 unspecified atom stereocenters. The lowest BCUT2D eigenvalue weighted by atomic mass is 9.99. The summed E-state index contributed by atoms with van der Waals surface area (Å²) in [5, 5.41) is 1.94. The number of hydrogen-bond acceptors (Lipinski definition) is 6. The highest BCUT2D eigenvalue weighted by Crippen LogP contribution is 2.35. The van der Waals surface area contributed by atoms with Crippen LogP contribution in [-0.2, 0) is 20.7 Å². The number of benzene rings is 1. The molecule has 0 radical (unpaired) electrons. The van der Waals surface area contributed by atoms with Crippen molar-refractivity contribution >= 4 is 29.3 Å². The Labute approximate surface area is 154 Å². The first-order valence-corrected chi connectivity index (χ1v) is 9.08. The number of ether oxygens (including phenoxy) is 3. The molecule has 134 valence electrons. The van der Waals surface area contributed by atoms with Crippen molar-refractivity contribution < 1.29 is 23.8 Å². The van der Waals surface area contributed by atoms with Crippen LogP contribution in [0.3, 0.4) is 0 Å². The Morgan fingerprint density at radius 2 is 2.12 bits per heavy atom. The average Bonchev–Trinajstić information content (AvgIpc) is 3.32. The monoisotopic (exact) mass is 371 g/mol. The molecule has 0 aliphatic carbocycles. The van der Waals surface area contributed by atoms with Crippen molar-refractivity contribution in [1.82, 2.24) is 4.90 Å². The van der Waals surface area contributed by atoms with Crippen LogP contribution in [0.25, 0.3) is 6.08 Å². The number of fused-ring (bicyclic) bond motifs is 2. The van der Waals surface area contributed by atoms with Crippen molar-refractivity contribution in [2.24, 2.45) is 0 Å². The predicted octanol–water partition coefficient (Wildman–Crippen LogP) is 2.79. The van der Waals surface area contributed by atoms with Gasteiger partial charge in [-0.25, -0.2) is 4.79 Å². The first-order valence-electron chi connectivity index (χ1n) is 8.20. The minimum atomic E-state index is -0.691. The van der Waals surface area contributed by atoms with Gasteiger partial charge in [-0.05, 0) is 47.2 Å². The van der Waals surface area contributed by atoms with Gasteiger partial charge in [0.1, 0.15) is 0 Å². The number of amides is 1. The second kappa shape index (κ2) is 6.84. The van der Waals surface area contributed by atoms with Crippen LogP contribution in [0.2, 0.25) is 0 Å². The molecule has 0 fully saturated rings. The van der Waals surface area contributed by atoms with Crippen LogP contribution < -0.4 is 9.47 Å². The van der Waals surface area contributed by atoms with Gasteiger partial charge in [0.25, 0.3) is 0 Å². The zero-order valence-electron chi connectivity index (χ0n) is 14.1. The van der Waals surface area contributed by atoms with E-state index in [1.54, 1.807) is 22.3 Å². The zero-order valence-corrected chi connectivity index (χ0v) is 15.0. The number of esters is 1. The second-order valence-electron chi connectivity index (χ2n) is 5.95. The van der Waals surface area contributed by atoms with Crippen molar-refractivity contribution in [3.63, 3.8) is 0 Å². The van der Waals surface area contributed by atoms with Gasteiger partial charge in [-0.3, -0.25) is 4.79 Å². The van der Waals surface area contributed by atoms with Gasteiger partial charge in [-0.15, -0.1) is 11.3 Å². The number of carbonyl (C=O) groups excluding carboxylic acids is 2. The first-order chi connectivity index (χ1) is 12.7. The molecule has 1 aromatic heterocycles. The minimum absolute atomic E-state index is 0.207. The molecule has 0 spiro atoms. The van der Waals surface area contributed by atoms with Gasteiger partial charge in [-0.2, -0.15) is 0 Å². The number of methoxy groups -OCH3 is 1. The smallest absolute Gasteiger partial charge is 0.333 e. The van der Waals surface area contributed by atoms with E-state index in [2.05, 4.69) is 0 Å². The summed E-state index contributed by atoms with van der Waals surface area (Å²) >= 11 is 1.60. The molecule has 2 aliphatic heterocycles. The fourth-order valence-corrected chi connectivity index (χ4v) is 4.10. The molecule has 0 saturated carbocycles. The molecule has 0 bridgehead atoms. The van der Waals surface area contributed by atoms with E-state index in [0.717, 1.165) is 22.4 Å². The molecule has 0 saturated heterocycles. The molecular formula is C19H17NO5S. The Morgan fingerprint density at radius 3 is 2.96 bits per heavy atom. The third kappa shape index (κ3) is 2.94. The summed E-state index contributed by atoms with van der Waals surface area (Å²) in [6, 6.07) is 6.67. The normalized spacial score (nSPS) is 18.0. The summed E-state index contributed by atoms with van der Waals surface area (Å²) in [6.45, 7) is 0.691. The summed E-state index contributed by atoms with van der Waals surface area (Å²) in [4.78, 5) is 27.7. The maximum atomic E-state index is 12.7. The molecule has 1 amide bonds. The maximum absolute atomic E-state index is 12.7. The standard InChI is InChI=1S/C19H17NO5S/c1-23-19(22)18-13-7-9-26-16(13)6-8-20(18)17(21)5-3-12-2-4-14-15(10-12)25-11-24-14/h2-5,7,9-10,18H,6,8,11H2,1H3/b5-3+/t18-/m0/s1. The maximum Gasteiger partial charge on any atom is 0.333 e. The van der Waals surface area contributed by atoms with Gasteiger partial charge >= 0.3 is 5.97 Å². The summed E-state index contributed by atoms with van der Waals surface area (Å²) in [5.74, 6) is 0.706. The highest BCUT2D eigenvalue weighted by molar-refractivity contribution is 7.10. The molecule has 1 aromatic carbocycles. The summed E-state index contributed by atoms with van der Waals surface area (Å²) in [5.41, 5.74) is 1.68. The van der Waals surface area contributed by atoms with Crippen molar-refractivity contribution in [2.45, 2.75) is 12.5 Å². The Hall–Kier alpha value is -2.80. The number of hydrogen-bond donors (Lipinski definition) is 0. The van der Waals surface area contributed by atoms with Crippen LogP contribution in [0, 0.1) is 0 Å². The number of rotatable bonds is 3. The third-order valence-corrected chi connectivity index (χ3v) is 5.48. The van der Waals surface area contributed by atoms with E-state index in [1.165, 1.54) is 13.2 Å². The fraction of sp³-hybridized carbons (Fsp3) is 0.263. The Morgan fingerprint density at radius 1 is 1.27 bits per heavy atom. The van der Waals surface area contributed by atoms with E-state index >= 15 is 0 Å². The summed E-state index contributed by atoms with van der Waals surface area (Å²) < 4.78 is 15.6. The average molecular weight is 371 g/mol. The largest absolute Gasteiger partial charge is 0.467 e. The fourth-order valence-electron chi connectivity index (χ4n) is 3.20. The van der Waals surface area contributed by atoms with E-state index in [-0.39, 0.29) is 12.7 Å². The molecule has 26 heavy (non-hydrogen) atoms. The van der Waals surface area contributed by atoms with Gasteiger partial charge in [0.15, 0.2) is 17.5 Å². The van der Waals surface area contributed by atoms with E-state index in [9.17, 15) is 9.59 Å². The van der Waals surface area contributed by atoms with Crippen LogP contribution >= 0.6 is 11.3 Å². The van der Waals surface area contributed by atoms with Crippen LogP contribution in [0.1, 0.15) is 22.0 Å². The van der Waals surface area contributed by atoms with Crippen LogP contribution in [0.5, 0.6) is 11.5 Å². The molecule has 2 aromatic rings. The SMILES string of the molecule is COC(=O)[C@@H]1c2ccsc2CCN1C(=O)/C=C/c1ccc2c(c1)OCO2. The lowest BCUT2D eigenvalue weighted by Crippen LogP contribution is -2.42. The Kier molecular flexibility index (Phi) is 4.38. The van der Waals surface area contributed by atoms with E-state index in [4.69, 9.17) is 14.2 Å². The van der Waals surface area contributed by atoms with Crippen molar-refractivity contribution in [2.75, 3.05) is 20.4 Å². The highest BCUT2D eigenvalue weighted by Gasteiger charge is 2.36. The van der Waals surface area contributed by atoms with Gasteiger partial charge in [0.05, 0.1) is 7.11 Å². The lowest BCUT2D eigenvalue weighted by molar-refractivity contribution is -0.152. The molecule has 1 atom stereocenters. The van der Waals surface area contributed by atoms with Gasteiger partial charge < -0.3 is 19.1 Å². The van der Waals surface area contributed by atoms with Crippen LogP contribution in [0.4, 0.5) is 0 Å². The molecule has 7 heteroatoms. The topological polar surface area (TPSA) is 65.1 Å². The number of carbonyl (C=O) groups is 2. The summed E-state index contributed by atoms with van der Waals surface area (Å²) in [6.07, 6.45) is 3.93. The predicted molar refractivity (Wildman–Crippen MR) is 96.1 cm³/mol. The van der Waals surface area contributed by atoms with Gasteiger partial charge in [0.2, 0.25) is 12.7 Å². The van der Waals surface area contributed by atoms with Crippen molar-refractivity contribution in [3.8, 4) is 11.5 Å². The second-order valence-corrected chi connectivity index (χ2v) is 6.95. The number of nitrogens with zero attached hydrogens (tertiary/aromatic N) is 1. The molecule has 6 nitrogen and oxygen atoms in total. The van der Waals surface area contributed by atoms with Crippen molar-refractivity contribution in [3.05, 3.63) is 51.7 Å². The summed E-state index contributed by atoms with van der Waals surface area (Å²) in [7, 11) is 1.34. The van der Waals surface area contributed by atoms with Crippen molar-refractivity contribution in [1.29, 1.82) is 0 Å². The van der Waals surface area contributed by atoms with Gasteiger partial charge in [-0.1, -0.05) is 6.07 Å². The number of thiophene rings is 1. The Balaban J connectivity index is 1.56. The molecule has 2 aliphatic rings. The van der Waals surface area contributed by atoms with E-state index in [1.807, 2.05) is 29.6 Å². The molecule has 0 N–H and O–H groups in total. The lowest BCUT2D eigenvalue weighted by Gasteiger charge is -2.33. The molecule has 4 rings (SSSR count). The van der Waals surface area contributed by atoms with Crippen LogP contribution in [0.15, 0.2) is 35.7 Å². The highest BCUT2D eigenvalue weighted by atomic mass is 32.1. The quantitative estimate of drug-likeness (QED) is 0.613. The van der Waals surface area contributed by atoms with E-state index < -0.39 is 12.0 Å². The molecule has 3 heterocycles. The third-order valence-electron chi connectivity index (χ3n) is 4.49. The van der Waals surface area contributed by atoms with E-state index in [0.29, 0.717) is 18.0 Å². The Bertz CT molecular complexity index is 888. The minimum Gasteiger partial charge on any atom is -0.467 e. The molecular weight excluding hydrogens is 354 g/mol.